The third kappa shape index (κ3) is 3.38. The molecule has 20 heavy (non-hydrogen) atoms. The fourth-order valence-corrected chi connectivity index (χ4v) is 2.78. The van der Waals surface area contributed by atoms with Crippen molar-refractivity contribution in [3.8, 4) is 5.75 Å². The van der Waals surface area contributed by atoms with Gasteiger partial charge in [-0.15, -0.1) is 11.3 Å². The van der Waals surface area contributed by atoms with Crippen molar-refractivity contribution in [3.05, 3.63) is 45.4 Å². The van der Waals surface area contributed by atoms with E-state index in [1.54, 1.807) is 11.3 Å². The van der Waals surface area contributed by atoms with Gasteiger partial charge in [-0.05, 0) is 43.9 Å². The highest BCUT2D eigenvalue weighted by atomic mass is 32.1. The van der Waals surface area contributed by atoms with E-state index in [1.165, 1.54) is 24.0 Å². The van der Waals surface area contributed by atoms with Gasteiger partial charge in [0.2, 0.25) is 0 Å². The lowest BCUT2D eigenvalue weighted by Gasteiger charge is -2.09. The molecule has 0 spiro atoms. The number of hydrogen-bond donors (Lipinski definition) is 1. The minimum absolute atomic E-state index is 0.546. The van der Waals surface area contributed by atoms with E-state index in [-0.39, 0.29) is 0 Å². The van der Waals surface area contributed by atoms with Gasteiger partial charge < -0.3 is 10.1 Å². The van der Waals surface area contributed by atoms with E-state index in [2.05, 4.69) is 35.6 Å². The number of ether oxygens (including phenoxy) is 1. The molecule has 1 fully saturated rings. The van der Waals surface area contributed by atoms with E-state index in [9.17, 15) is 0 Å². The summed E-state index contributed by atoms with van der Waals surface area (Å²) in [6.07, 6.45) is 2.63. The number of thiazole rings is 1. The number of aryl methyl sites for hydroxylation is 1. The summed E-state index contributed by atoms with van der Waals surface area (Å²) in [5, 5.41) is 6.73. The lowest BCUT2D eigenvalue weighted by molar-refractivity contribution is 0.299. The van der Waals surface area contributed by atoms with Gasteiger partial charge in [-0.3, -0.25) is 0 Å². The third-order valence-corrected chi connectivity index (χ3v) is 4.55. The molecule has 1 heterocycles. The Balaban J connectivity index is 1.56. The molecule has 1 aliphatic rings. The van der Waals surface area contributed by atoms with Crippen molar-refractivity contribution in [1.29, 1.82) is 0 Å². The van der Waals surface area contributed by atoms with Crippen LogP contribution in [0.4, 0.5) is 0 Å². The van der Waals surface area contributed by atoms with Crippen LogP contribution in [0, 0.1) is 13.8 Å². The lowest BCUT2D eigenvalue weighted by atomic mass is 10.1. The van der Waals surface area contributed by atoms with E-state index in [0.29, 0.717) is 6.61 Å². The molecule has 1 aromatic heterocycles. The number of aromatic nitrogens is 1. The molecule has 0 bridgehead atoms. The number of rotatable bonds is 6. The largest absolute Gasteiger partial charge is 0.487 e. The zero-order valence-electron chi connectivity index (χ0n) is 12.0. The highest BCUT2D eigenvalue weighted by Gasteiger charge is 2.20. The van der Waals surface area contributed by atoms with E-state index < -0.39 is 0 Å². The zero-order valence-corrected chi connectivity index (χ0v) is 12.8. The monoisotopic (exact) mass is 288 g/mol. The van der Waals surface area contributed by atoms with Crippen molar-refractivity contribution in [2.75, 3.05) is 0 Å². The highest BCUT2D eigenvalue weighted by Crippen LogP contribution is 2.23. The molecule has 0 amide bonds. The lowest BCUT2D eigenvalue weighted by Crippen LogP contribution is -2.15. The fourth-order valence-electron chi connectivity index (χ4n) is 2.05. The molecule has 0 radical (unpaired) electrons. The molecular formula is C16H20N2OS. The van der Waals surface area contributed by atoms with Crippen LogP contribution >= 0.6 is 11.3 Å². The van der Waals surface area contributed by atoms with E-state index >= 15 is 0 Å². The number of nitrogens with one attached hydrogen (secondary N) is 1. The zero-order chi connectivity index (χ0) is 13.9. The van der Waals surface area contributed by atoms with Crippen LogP contribution < -0.4 is 10.1 Å². The topological polar surface area (TPSA) is 34.1 Å². The maximum absolute atomic E-state index is 5.88. The first kappa shape index (κ1) is 13.6. The molecule has 1 aromatic carbocycles. The van der Waals surface area contributed by atoms with Gasteiger partial charge in [0.05, 0.1) is 5.69 Å². The Hall–Kier alpha value is -1.39. The van der Waals surface area contributed by atoms with Crippen molar-refractivity contribution in [1.82, 2.24) is 10.3 Å². The second-order valence-electron chi connectivity index (χ2n) is 5.37. The van der Waals surface area contributed by atoms with Crippen LogP contribution in [-0.4, -0.2) is 11.0 Å². The van der Waals surface area contributed by atoms with E-state index in [4.69, 9.17) is 4.74 Å². The van der Waals surface area contributed by atoms with Crippen molar-refractivity contribution in [2.45, 2.75) is 45.9 Å². The molecule has 1 saturated carbocycles. The molecule has 1 aliphatic carbocycles. The summed E-state index contributed by atoms with van der Waals surface area (Å²) in [5.41, 5.74) is 3.48. The Kier molecular flexibility index (Phi) is 4.03. The first-order chi connectivity index (χ1) is 9.72. The third-order valence-electron chi connectivity index (χ3n) is 3.65. The molecule has 3 rings (SSSR count). The summed E-state index contributed by atoms with van der Waals surface area (Å²) in [5.74, 6) is 0.954. The summed E-state index contributed by atoms with van der Waals surface area (Å²) in [6, 6.07) is 6.88. The van der Waals surface area contributed by atoms with Crippen LogP contribution in [0.1, 0.15) is 34.7 Å². The second kappa shape index (κ2) is 5.94. The van der Waals surface area contributed by atoms with Gasteiger partial charge in [-0.25, -0.2) is 4.98 Å². The Morgan fingerprint density at radius 1 is 1.35 bits per heavy atom. The number of hydrogen-bond acceptors (Lipinski definition) is 4. The maximum Gasteiger partial charge on any atom is 0.131 e. The molecule has 4 heteroatoms. The van der Waals surface area contributed by atoms with Crippen molar-refractivity contribution < 1.29 is 4.74 Å². The first-order valence-corrected chi connectivity index (χ1v) is 7.96. The first-order valence-electron chi connectivity index (χ1n) is 7.08. The predicted octanol–water partition coefficient (Wildman–Crippen LogP) is 3.59. The van der Waals surface area contributed by atoms with E-state index in [0.717, 1.165) is 29.0 Å². The average molecular weight is 288 g/mol. The normalized spacial score (nSPS) is 14.5. The second-order valence-corrected chi connectivity index (χ2v) is 6.32. The highest BCUT2D eigenvalue weighted by molar-refractivity contribution is 7.09. The Bertz CT molecular complexity index is 590. The Morgan fingerprint density at radius 3 is 3.00 bits per heavy atom. The standard InChI is InChI=1S/C16H20N2OS/c1-11-4-3-5-15(12(11)2)19-9-14-10-20-16(18-14)8-17-13-6-7-13/h3-5,10,13,17H,6-9H2,1-2H3. The molecule has 3 nitrogen and oxygen atoms in total. The van der Waals surface area contributed by atoms with Crippen molar-refractivity contribution >= 4 is 11.3 Å². The van der Waals surface area contributed by atoms with Crippen LogP contribution in [0.2, 0.25) is 0 Å². The molecular weight excluding hydrogens is 268 g/mol. The summed E-state index contributed by atoms with van der Waals surface area (Å²) >= 11 is 1.71. The molecule has 106 valence electrons. The van der Waals surface area contributed by atoms with Crippen LogP contribution in [0.3, 0.4) is 0 Å². The SMILES string of the molecule is Cc1cccc(OCc2csc(CNC3CC3)n2)c1C. The predicted molar refractivity (Wildman–Crippen MR) is 82.2 cm³/mol. The molecule has 0 saturated heterocycles. The van der Waals surface area contributed by atoms with Gasteiger partial charge in [-0.2, -0.15) is 0 Å². The van der Waals surface area contributed by atoms with Crippen molar-refractivity contribution in [3.63, 3.8) is 0 Å². The van der Waals surface area contributed by atoms with Gasteiger partial charge >= 0.3 is 0 Å². The smallest absolute Gasteiger partial charge is 0.131 e. The summed E-state index contributed by atoms with van der Waals surface area (Å²) in [4.78, 5) is 4.61. The maximum atomic E-state index is 5.88. The summed E-state index contributed by atoms with van der Waals surface area (Å²) in [7, 11) is 0. The molecule has 1 N–H and O–H groups in total. The molecule has 0 atom stereocenters. The van der Waals surface area contributed by atoms with Crippen LogP contribution in [0.15, 0.2) is 23.6 Å². The summed E-state index contributed by atoms with van der Waals surface area (Å²) < 4.78 is 5.88. The van der Waals surface area contributed by atoms with Crippen LogP contribution in [0.5, 0.6) is 5.75 Å². The Labute approximate surface area is 124 Å². The Morgan fingerprint density at radius 2 is 2.20 bits per heavy atom. The number of benzene rings is 1. The molecule has 0 unspecified atom stereocenters. The van der Waals surface area contributed by atoms with Gasteiger partial charge in [0, 0.05) is 18.0 Å². The van der Waals surface area contributed by atoms with Crippen LogP contribution in [-0.2, 0) is 13.2 Å². The van der Waals surface area contributed by atoms with Crippen molar-refractivity contribution in [2.24, 2.45) is 0 Å². The van der Waals surface area contributed by atoms with E-state index in [1.807, 2.05) is 12.1 Å². The van der Waals surface area contributed by atoms with Crippen LogP contribution in [0.25, 0.3) is 0 Å². The van der Waals surface area contributed by atoms with Gasteiger partial charge in [0.25, 0.3) is 0 Å². The molecule has 2 aromatic rings. The fraction of sp³-hybridized carbons (Fsp3) is 0.438. The minimum Gasteiger partial charge on any atom is -0.487 e. The van der Waals surface area contributed by atoms with Gasteiger partial charge in [-0.1, -0.05) is 12.1 Å². The minimum atomic E-state index is 0.546. The molecule has 0 aliphatic heterocycles. The average Bonchev–Trinajstić information content (AvgIpc) is 3.17. The number of nitrogens with zero attached hydrogens (tertiary/aromatic N) is 1. The summed E-state index contributed by atoms with van der Waals surface area (Å²) in [6.45, 7) is 5.63. The van der Waals surface area contributed by atoms with Gasteiger partial charge in [0.1, 0.15) is 17.4 Å². The quantitative estimate of drug-likeness (QED) is 0.882. The van der Waals surface area contributed by atoms with Gasteiger partial charge in [0.15, 0.2) is 0 Å².